The first kappa shape index (κ1) is 12.5. The standard InChI is InChI=1S/C17H18N4/c1-12-9-19-21(11-12)17-14(10-18-15-6-7-15)8-13-4-2-3-5-16(13)20-17/h2-5,8-9,11,15,18H,6-7,10H2,1H3. The van der Waals surface area contributed by atoms with Gasteiger partial charge in [-0.1, -0.05) is 18.2 Å². The number of hydrogen-bond acceptors (Lipinski definition) is 3. The quantitative estimate of drug-likeness (QED) is 0.798. The van der Waals surface area contributed by atoms with Crippen LogP contribution >= 0.6 is 0 Å². The molecule has 1 aliphatic carbocycles. The lowest BCUT2D eigenvalue weighted by Gasteiger charge is -2.11. The van der Waals surface area contributed by atoms with Crippen molar-refractivity contribution in [1.29, 1.82) is 0 Å². The van der Waals surface area contributed by atoms with Crippen LogP contribution in [0.15, 0.2) is 42.7 Å². The van der Waals surface area contributed by atoms with E-state index in [9.17, 15) is 0 Å². The number of rotatable bonds is 4. The van der Waals surface area contributed by atoms with Crippen molar-refractivity contribution < 1.29 is 0 Å². The summed E-state index contributed by atoms with van der Waals surface area (Å²) in [6.45, 7) is 2.89. The zero-order chi connectivity index (χ0) is 14.2. The monoisotopic (exact) mass is 278 g/mol. The summed E-state index contributed by atoms with van der Waals surface area (Å²) in [5.74, 6) is 0.926. The van der Waals surface area contributed by atoms with Gasteiger partial charge in [-0.25, -0.2) is 9.67 Å². The molecule has 0 amide bonds. The first-order chi connectivity index (χ1) is 10.3. The van der Waals surface area contributed by atoms with Crippen molar-refractivity contribution in [3.8, 4) is 5.82 Å². The molecule has 1 aromatic carbocycles. The van der Waals surface area contributed by atoms with Gasteiger partial charge < -0.3 is 5.32 Å². The Labute approximate surface area is 123 Å². The van der Waals surface area contributed by atoms with Crippen molar-refractivity contribution in [3.63, 3.8) is 0 Å². The molecular weight excluding hydrogens is 260 g/mol. The minimum Gasteiger partial charge on any atom is -0.310 e. The lowest BCUT2D eigenvalue weighted by Crippen LogP contribution is -2.17. The molecule has 4 heteroatoms. The normalized spacial score (nSPS) is 14.7. The summed E-state index contributed by atoms with van der Waals surface area (Å²) < 4.78 is 1.88. The van der Waals surface area contributed by atoms with Gasteiger partial charge in [-0.2, -0.15) is 5.10 Å². The lowest BCUT2D eigenvalue weighted by atomic mass is 10.1. The molecule has 1 fully saturated rings. The van der Waals surface area contributed by atoms with Gasteiger partial charge in [0, 0.05) is 29.7 Å². The molecule has 0 spiro atoms. The Bertz CT molecular complexity index is 786. The molecule has 0 bridgehead atoms. The van der Waals surface area contributed by atoms with Gasteiger partial charge >= 0.3 is 0 Å². The fourth-order valence-corrected chi connectivity index (χ4v) is 2.55. The third-order valence-electron chi connectivity index (χ3n) is 3.87. The Morgan fingerprint density at radius 1 is 1.29 bits per heavy atom. The molecule has 1 saturated carbocycles. The van der Waals surface area contributed by atoms with Gasteiger partial charge in [0.1, 0.15) is 0 Å². The van der Waals surface area contributed by atoms with Gasteiger partial charge in [-0.3, -0.25) is 0 Å². The van der Waals surface area contributed by atoms with E-state index in [1.54, 1.807) is 0 Å². The van der Waals surface area contributed by atoms with E-state index in [0.717, 1.165) is 23.4 Å². The fourth-order valence-electron chi connectivity index (χ4n) is 2.55. The average Bonchev–Trinajstić information content (AvgIpc) is 3.24. The molecule has 2 aromatic heterocycles. The maximum Gasteiger partial charge on any atom is 0.158 e. The maximum atomic E-state index is 4.82. The third-order valence-corrected chi connectivity index (χ3v) is 3.87. The van der Waals surface area contributed by atoms with Crippen LogP contribution in [0.3, 0.4) is 0 Å². The molecule has 0 unspecified atom stereocenters. The smallest absolute Gasteiger partial charge is 0.158 e. The van der Waals surface area contributed by atoms with E-state index in [1.807, 2.05) is 36.1 Å². The van der Waals surface area contributed by atoms with Crippen LogP contribution in [0.1, 0.15) is 24.0 Å². The SMILES string of the molecule is Cc1cnn(-c2nc3ccccc3cc2CNC2CC2)c1. The summed E-state index contributed by atoms with van der Waals surface area (Å²) in [5, 5.41) is 9.17. The largest absolute Gasteiger partial charge is 0.310 e. The van der Waals surface area contributed by atoms with Crippen LogP contribution in [-0.2, 0) is 6.54 Å². The molecule has 1 aliphatic rings. The summed E-state index contributed by atoms with van der Waals surface area (Å²) in [6.07, 6.45) is 6.47. The van der Waals surface area contributed by atoms with Gasteiger partial charge in [0.15, 0.2) is 5.82 Å². The van der Waals surface area contributed by atoms with Crippen molar-refractivity contribution in [1.82, 2.24) is 20.1 Å². The summed E-state index contributed by atoms with van der Waals surface area (Å²) in [7, 11) is 0. The highest BCUT2D eigenvalue weighted by Gasteiger charge is 2.21. The van der Waals surface area contributed by atoms with E-state index in [4.69, 9.17) is 4.98 Å². The summed E-state index contributed by atoms with van der Waals surface area (Å²) in [4.78, 5) is 4.82. The van der Waals surface area contributed by atoms with Crippen molar-refractivity contribution in [2.24, 2.45) is 0 Å². The van der Waals surface area contributed by atoms with Gasteiger partial charge in [0.05, 0.1) is 11.7 Å². The highest BCUT2D eigenvalue weighted by atomic mass is 15.3. The Morgan fingerprint density at radius 3 is 2.90 bits per heavy atom. The first-order valence-electron chi connectivity index (χ1n) is 7.43. The van der Waals surface area contributed by atoms with Crippen molar-refractivity contribution in [3.05, 3.63) is 53.9 Å². The highest BCUT2D eigenvalue weighted by Crippen LogP contribution is 2.23. The zero-order valence-corrected chi connectivity index (χ0v) is 12.1. The number of pyridine rings is 1. The van der Waals surface area contributed by atoms with Crippen LogP contribution in [0.2, 0.25) is 0 Å². The summed E-state index contributed by atoms with van der Waals surface area (Å²) >= 11 is 0. The van der Waals surface area contributed by atoms with Crippen molar-refractivity contribution in [2.75, 3.05) is 0 Å². The Hall–Kier alpha value is -2.20. The number of fused-ring (bicyclic) bond motifs is 1. The topological polar surface area (TPSA) is 42.7 Å². The lowest BCUT2D eigenvalue weighted by molar-refractivity contribution is 0.678. The van der Waals surface area contributed by atoms with Gasteiger partial charge in [-0.05, 0) is 37.5 Å². The summed E-state index contributed by atoms with van der Waals surface area (Å²) in [6, 6.07) is 11.2. The molecule has 0 saturated heterocycles. The van der Waals surface area contributed by atoms with Crippen LogP contribution in [0, 0.1) is 6.92 Å². The molecule has 0 atom stereocenters. The molecule has 3 aromatic rings. The van der Waals surface area contributed by atoms with E-state index in [-0.39, 0.29) is 0 Å². The molecule has 2 heterocycles. The molecular formula is C17H18N4. The number of nitrogens with zero attached hydrogens (tertiary/aromatic N) is 3. The van der Waals surface area contributed by atoms with E-state index < -0.39 is 0 Å². The fraction of sp³-hybridized carbons (Fsp3) is 0.294. The first-order valence-corrected chi connectivity index (χ1v) is 7.43. The van der Waals surface area contributed by atoms with Gasteiger partial charge in [0.25, 0.3) is 0 Å². The third kappa shape index (κ3) is 2.54. The number of aromatic nitrogens is 3. The molecule has 0 radical (unpaired) electrons. The molecule has 4 nitrogen and oxygen atoms in total. The van der Waals surface area contributed by atoms with E-state index in [0.29, 0.717) is 6.04 Å². The second-order valence-electron chi connectivity index (χ2n) is 5.78. The van der Waals surface area contributed by atoms with Crippen molar-refractivity contribution in [2.45, 2.75) is 32.4 Å². The second kappa shape index (κ2) is 4.97. The van der Waals surface area contributed by atoms with Crippen LogP contribution in [0.25, 0.3) is 16.7 Å². The molecule has 1 N–H and O–H groups in total. The van der Waals surface area contributed by atoms with E-state index in [2.05, 4.69) is 28.6 Å². The van der Waals surface area contributed by atoms with Crippen LogP contribution in [0.4, 0.5) is 0 Å². The molecule has 106 valence electrons. The summed E-state index contributed by atoms with van der Waals surface area (Å²) in [5.41, 5.74) is 3.35. The Balaban J connectivity index is 1.81. The van der Waals surface area contributed by atoms with Crippen LogP contribution < -0.4 is 5.32 Å². The highest BCUT2D eigenvalue weighted by molar-refractivity contribution is 5.80. The number of para-hydroxylation sites is 1. The van der Waals surface area contributed by atoms with Gasteiger partial charge in [0.2, 0.25) is 0 Å². The van der Waals surface area contributed by atoms with Crippen LogP contribution in [0.5, 0.6) is 0 Å². The minimum absolute atomic E-state index is 0.684. The Morgan fingerprint density at radius 2 is 2.14 bits per heavy atom. The van der Waals surface area contributed by atoms with Gasteiger partial charge in [-0.15, -0.1) is 0 Å². The van der Waals surface area contributed by atoms with Crippen LogP contribution in [-0.4, -0.2) is 20.8 Å². The molecule has 21 heavy (non-hydrogen) atoms. The van der Waals surface area contributed by atoms with Crippen molar-refractivity contribution >= 4 is 10.9 Å². The second-order valence-corrected chi connectivity index (χ2v) is 5.78. The Kier molecular flexibility index (Phi) is 2.97. The predicted molar refractivity (Wildman–Crippen MR) is 83.5 cm³/mol. The molecule has 0 aliphatic heterocycles. The van der Waals surface area contributed by atoms with E-state index in [1.165, 1.54) is 23.8 Å². The molecule has 4 rings (SSSR count). The minimum atomic E-state index is 0.684. The number of benzene rings is 1. The maximum absolute atomic E-state index is 4.82. The average molecular weight is 278 g/mol. The number of hydrogen-bond donors (Lipinski definition) is 1. The van der Waals surface area contributed by atoms with E-state index >= 15 is 0 Å². The number of nitrogens with one attached hydrogen (secondary N) is 1. The zero-order valence-electron chi connectivity index (χ0n) is 12.1. The predicted octanol–water partition coefficient (Wildman–Crippen LogP) is 2.98. The number of aryl methyl sites for hydroxylation is 1.